The van der Waals surface area contributed by atoms with E-state index in [1.165, 1.54) is 15.9 Å². The zero-order chi connectivity index (χ0) is 22.2. The summed E-state index contributed by atoms with van der Waals surface area (Å²) >= 11 is 0. The molecule has 2 aliphatic heterocycles. The minimum absolute atomic E-state index is 0.312. The fourth-order valence-electron chi connectivity index (χ4n) is 4.02. The molecule has 0 saturated carbocycles. The first-order valence-electron chi connectivity index (χ1n) is 10.2. The van der Waals surface area contributed by atoms with Gasteiger partial charge in [-0.3, -0.25) is 9.69 Å². The first-order chi connectivity index (χ1) is 14.0. The van der Waals surface area contributed by atoms with Crippen LogP contribution in [-0.2, 0) is 4.79 Å². The maximum atomic E-state index is 13.9. The van der Waals surface area contributed by atoms with Gasteiger partial charge in [-0.1, -0.05) is 19.9 Å². The van der Waals surface area contributed by atoms with Crippen molar-refractivity contribution in [2.45, 2.75) is 39.7 Å². The molecule has 0 aromatic heterocycles. The molecular weight excluding hydrogens is 390 g/mol. The number of urea groups is 1. The first-order valence-corrected chi connectivity index (χ1v) is 10.2. The maximum absolute atomic E-state index is 13.9. The number of hydrogen-bond acceptors (Lipinski definition) is 3. The highest BCUT2D eigenvalue weighted by Gasteiger charge is 2.39. The van der Waals surface area contributed by atoms with Crippen molar-refractivity contribution in [3.8, 4) is 0 Å². The standard InChI is InChI=1S/C22H30F2N4O2/c1-14-18(20(29)25-13-28-10-8-22(2,3)9-11-28)19(27(5)21(30)26(14)4)15-6-7-16(23)17(24)12-15/h6-7,12,19H,8-11,13H2,1-5H3,(H,25,29). The van der Waals surface area contributed by atoms with Crippen molar-refractivity contribution in [2.75, 3.05) is 33.9 Å². The molecule has 1 unspecified atom stereocenters. The minimum Gasteiger partial charge on any atom is -0.339 e. The van der Waals surface area contributed by atoms with E-state index in [1.54, 1.807) is 21.0 Å². The van der Waals surface area contributed by atoms with Crippen LogP contribution in [0, 0.1) is 17.0 Å². The summed E-state index contributed by atoms with van der Waals surface area (Å²) in [6.45, 7) is 8.38. The molecule has 0 bridgehead atoms. The predicted molar refractivity (Wildman–Crippen MR) is 110 cm³/mol. The van der Waals surface area contributed by atoms with Crippen LogP contribution in [0.5, 0.6) is 0 Å². The quantitative estimate of drug-likeness (QED) is 0.812. The molecule has 0 aliphatic carbocycles. The topological polar surface area (TPSA) is 55.9 Å². The number of likely N-dealkylation sites (N-methyl/N-ethyl adjacent to an activating group) is 1. The van der Waals surface area contributed by atoms with Crippen molar-refractivity contribution in [2.24, 2.45) is 5.41 Å². The van der Waals surface area contributed by atoms with E-state index < -0.39 is 17.7 Å². The highest BCUT2D eigenvalue weighted by molar-refractivity contribution is 5.98. The lowest BCUT2D eigenvalue weighted by atomic mass is 9.83. The van der Waals surface area contributed by atoms with E-state index in [4.69, 9.17) is 0 Å². The molecular formula is C22H30F2N4O2. The molecule has 1 saturated heterocycles. The number of carbonyl (C=O) groups excluding carboxylic acids is 2. The van der Waals surface area contributed by atoms with Crippen molar-refractivity contribution in [3.63, 3.8) is 0 Å². The summed E-state index contributed by atoms with van der Waals surface area (Å²) < 4.78 is 27.4. The molecule has 2 heterocycles. The third kappa shape index (κ3) is 4.33. The molecule has 3 amide bonds. The van der Waals surface area contributed by atoms with Gasteiger partial charge in [0.1, 0.15) is 0 Å². The van der Waals surface area contributed by atoms with Gasteiger partial charge in [0, 0.05) is 32.9 Å². The smallest absolute Gasteiger partial charge is 0.324 e. The Morgan fingerprint density at radius 2 is 1.80 bits per heavy atom. The van der Waals surface area contributed by atoms with Gasteiger partial charge in [-0.15, -0.1) is 0 Å². The molecule has 164 valence electrons. The number of allylic oxidation sites excluding steroid dienone is 1. The second kappa shape index (κ2) is 8.34. The van der Waals surface area contributed by atoms with Crippen molar-refractivity contribution >= 4 is 11.9 Å². The Bertz CT molecular complexity index is 874. The lowest BCUT2D eigenvalue weighted by Gasteiger charge is -2.40. The van der Waals surface area contributed by atoms with E-state index in [1.807, 2.05) is 0 Å². The van der Waals surface area contributed by atoms with Crippen LogP contribution in [0.4, 0.5) is 13.6 Å². The van der Waals surface area contributed by atoms with E-state index in [-0.39, 0.29) is 11.9 Å². The zero-order valence-corrected chi connectivity index (χ0v) is 18.3. The van der Waals surface area contributed by atoms with Crippen LogP contribution in [0.15, 0.2) is 29.5 Å². The summed E-state index contributed by atoms with van der Waals surface area (Å²) in [4.78, 5) is 30.8. The van der Waals surface area contributed by atoms with Gasteiger partial charge in [0.25, 0.3) is 5.91 Å². The molecule has 0 radical (unpaired) electrons. The van der Waals surface area contributed by atoms with E-state index in [2.05, 4.69) is 24.1 Å². The normalized spacial score (nSPS) is 22.5. The number of nitrogens with one attached hydrogen (secondary N) is 1. The molecule has 1 atom stereocenters. The molecule has 30 heavy (non-hydrogen) atoms. The van der Waals surface area contributed by atoms with Gasteiger partial charge in [-0.2, -0.15) is 0 Å². The van der Waals surface area contributed by atoms with Crippen LogP contribution in [0.25, 0.3) is 0 Å². The van der Waals surface area contributed by atoms with Crippen LogP contribution in [0.3, 0.4) is 0 Å². The molecule has 1 fully saturated rings. The second-order valence-electron chi connectivity index (χ2n) is 8.97. The molecule has 8 heteroatoms. The van der Waals surface area contributed by atoms with Gasteiger partial charge in [-0.05, 0) is 42.9 Å². The van der Waals surface area contributed by atoms with E-state index in [9.17, 15) is 18.4 Å². The number of rotatable bonds is 4. The summed E-state index contributed by atoms with van der Waals surface area (Å²) in [7, 11) is 3.15. The van der Waals surface area contributed by atoms with Gasteiger partial charge in [-0.25, -0.2) is 13.6 Å². The van der Waals surface area contributed by atoms with Crippen molar-refractivity contribution in [3.05, 3.63) is 46.7 Å². The summed E-state index contributed by atoms with van der Waals surface area (Å²) in [6.07, 6.45) is 2.12. The lowest BCUT2D eigenvalue weighted by molar-refractivity contribution is -0.119. The number of piperidine rings is 1. The fourth-order valence-corrected chi connectivity index (χ4v) is 4.02. The number of halogens is 2. The minimum atomic E-state index is -1.01. The molecule has 2 aliphatic rings. The average molecular weight is 421 g/mol. The molecule has 6 nitrogen and oxygen atoms in total. The maximum Gasteiger partial charge on any atom is 0.324 e. The number of nitrogens with zero attached hydrogens (tertiary/aromatic N) is 3. The zero-order valence-electron chi connectivity index (χ0n) is 18.3. The second-order valence-corrected chi connectivity index (χ2v) is 8.97. The molecule has 1 aromatic carbocycles. The van der Waals surface area contributed by atoms with Crippen LogP contribution in [0.2, 0.25) is 0 Å². The van der Waals surface area contributed by atoms with Crippen molar-refractivity contribution in [1.29, 1.82) is 0 Å². The predicted octanol–water partition coefficient (Wildman–Crippen LogP) is 3.47. The van der Waals surface area contributed by atoms with Crippen LogP contribution in [-0.4, -0.2) is 60.5 Å². The largest absolute Gasteiger partial charge is 0.339 e. The Kier molecular flexibility index (Phi) is 6.17. The molecule has 1 aromatic rings. The van der Waals surface area contributed by atoms with Crippen LogP contribution in [0.1, 0.15) is 45.2 Å². The number of hydrogen-bond donors (Lipinski definition) is 1. The van der Waals surface area contributed by atoms with Crippen LogP contribution < -0.4 is 5.32 Å². The van der Waals surface area contributed by atoms with E-state index in [0.717, 1.165) is 38.1 Å². The Labute approximate surface area is 176 Å². The Morgan fingerprint density at radius 3 is 2.40 bits per heavy atom. The van der Waals surface area contributed by atoms with Crippen LogP contribution >= 0.6 is 0 Å². The van der Waals surface area contributed by atoms with Crippen molar-refractivity contribution < 1.29 is 18.4 Å². The van der Waals surface area contributed by atoms with Gasteiger partial charge in [0.05, 0.1) is 18.3 Å². The molecule has 3 rings (SSSR count). The number of benzene rings is 1. The third-order valence-corrected chi connectivity index (χ3v) is 6.32. The fraction of sp³-hybridized carbons (Fsp3) is 0.545. The van der Waals surface area contributed by atoms with Gasteiger partial charge in [0.15, 0.2) is 11.6 Å². The SMILES string of the molecule is CC1=C(C(=O)NCN2CCC(C)(C)CC2)C(c2ccc(F)c(F)c2)N(C)C(=O)N1C. The Morgan fingerprint density at radius 1 is 1.17 bits per heavy atom. The Balaban J connectivity index is 1.85. The number of likely N-dealkylation sites (tertiary alicyclic amines) is 1. The highest BCUT2D eigenvalue weighted by Crippen LogP contribution is 2.36. The van der Waals surface area contributed by atoms with Gasteiger partial charge >= 0.3 is 6.03 Å². The van der Waals surface area contributed by atoms with E-state index in [0.29, 0.717) is 28.9 Å². The lowest BCUT2D eigenvalue weighted by Crippen LogP contribution is -2.50. The monoisotopic (exact) mass is 420 g/mol. The molecule has 1 N–H and O–H groups in total. The first kappa shape index (κ1) is 22.2. The number of amides is 3. The summed E-state index contributed by atoms with van der Waals surface area (Å²) in [6, 6.07) is 2.34. The van der Waals surface area contributed by atoms with Gasteiger partial charge in [0.2, 0.25) is 0 Å². The summed E-state index contributed by atoms with van der Waals surface area (Å²) in [5.41, 5.74) is 1.50. The highest BCUT2D eigenvalue weighted by atomic mass is 19.2. The average Bonchev–Trinajstić information content (AvgIpc) is 2.70. The summed E-state index contributed by atoms with van der Waals surface area (Å²) in [5, 5.41) is 2.96. The van der Waals surface area contributed by atoms with Crippen molar-refractivity contribution in [1.82, 2.24) is 20.0 Å². The molecule has 0 spiro atoms. The third-order valence-electron chi connectivity index (χ3n) is 6.32. The Hall–Kier alpha value is -2.48. The number of carbonyl (C=O) groups is 2. The van der Waals surface area contributed by atoms with E-state index >= 15 is 0 Å². The summed E-state index contributed by atoms with van der Waals surface area (Å²) in [5.74, 6) is -2.31. The van der Waals surface area contributed by atoms with Gasteiger partial charge < -0.3 is 15.1 Å².